The van der Waals surface area contributed by atoms with Crippen LogP contribution in [0.25, 0.3) is 10.1 Å². The largest absolute Gasteiger partial charge is 0.378 e. The lowest BCUT2D eigenvalue weighted by Crippen LogP contribution is -2.22. The zero-order chi connectivity index (χ0) is 14.7. The van der Waals surface area contributed by atoms with Crippen LogP contribution in [0.1, 0.15) is 43.7 Å². The van der Waals surface area contributed by atoms with Crippen LogP contribution in [0.15, 0.2) is 28.1 Å². The van der Waals surface area contributed by atoms with Gasteiger partial charge in [-0.3, -0.25) is 0 Å². The summed E-state index contributed by atoms with van der Waals surface area (Å²) in [6.45, 7) is 0.948. The molecule has 4 heteroatoms. The Morgan fingerprint density at radius 3 is 3.10 bits per heavy atom. The fraction of sp³-hybridized carbons (Fsp3) is 0.529. The molecular weight excluding hydrogens is 346 g/mol. The summed E-state index contributed by atoms with van der Waals surface area (Å²) >= 11 is 5.48. The Morgan fingerprint density at radius 2 is 2.33 bits per heavy atom. The number of halogens is 1. The van der Waals surface area contributed by atoms with Crippen LogP contribution in [-0.4, -0.2) is 19.8 Å². The monoisotopic (exact) mass is 367 g/mol. The molecule has 1 aliphatic heterocycles. The Bertz CT molecular complexity index is 591. The first-order valence-corrected chi connectivity index (χ1v) is 9.41. The van der Waals surface area contributed by atoms with Gasteiger partial charge in [-0.25, -0.2) is 0 Å². The van der Waals surface area contributed by atoms with Crippen LogP contribution in [0.4, 0.5) is 0 Å². The Kier molecular flexibility index (Phi) is 5.33. The summed E-state index contributed by atoms with van der Waals surface area (Å²) < 4.78 is 8.41. The number of hydrogen-bond acceptors (Lipinski definition) is 3. The highest BCUT2D eigenvalue weighted by Gasteiger charge is 2.19. The van der Waals surface area contributed by atoms with Gasteiger partial charge in [-0.2, -0.15) is 0 Å². The first kappa shape index (κ1) is 15.5. The molecule has 0 aliphatic carbocycles. The van der Waals surface area contributed by atoms with Gasteiger partial charge in [-0.1, -0.05) is 12.1 Å². The lowest BCUT2D eigenvalue weighted by atomic mass is 9.97. The number of benzene rings is 1. The summed E-state index contributed by atoms with van der Waals surface area (Å²) in [6, 6.07) is 6.89. The van der Waals surface area contributed by atoms with Crippen LogP contribution < -0.4 is 5.32 Å². The van der Waals surface area contributed by atoms with E-state index < -0.39 is 0 Å². The molecule has 0 bridgehead atoms. The van der Waals surface area contributed by atoms with Crippen LogP contribution in [0, 0.1) is 0 Å². The van der Waals surface area contributed by atoms with E-state index in [9.17, 15) is 0 Å². The van der Waals surface area contributed by atoms with Gasteiger partial charge in [0.05, 0.1) is 6.10 Å². The fourth-order valence-electron chi connectivity index (χ4n) is 3.15. The standard InChI is InChI=1S/C17H22BrNOS/c1-19-16(9-8-12-5-2-3-10-20-12)14-11-21-17-13(14)6-4-7-15(17)18/h4,6-7,11-12,16,19H,2-3,5,8-10H2,1H3. The van der Waals surface area contributed by atoms with Gasteiger partial charge in [-0.05, 0) is 77.5 Å². The van der Waals surface area contributed by atoms with Crippen LogP contribution in [0.2, 0.25) is 0 Å². The predicted octanol–water partition coefficient (Wildman–Crippen LogP) is 5.27. The molecule has 2 atom stereocenters. The molecule has 114 valence electrons. The van der Waals surface area contributed by atoms with Gasteiger partial charge in [0.1, 0.15) is 0 Å². The van der Waals surface area contributed by atoms with E-state index in [-0.39, 0.29) is 0 Å². The van der Waals surface area contributed by atoms with Crippen molar-refractivity contribution < 1.29 is 4.74 Å². The summed E-state index contributed by atoms with van der Waals surface area (Å²) in [6.07, 6.45) is 6.53. The number of nitrogens with one attached hydrogen (secondary N) is 1. The minimum atomic E-state index is 0.415. The third kappa shape index (κ3) is 3.50. The van der Waals surface area contributed by atoms with Crippen molar-refractivity contribution in [2.24, 2.45) is 0 Å². The van der Waals surface area contributed by atoms with Crippen molar-refractivity contribution in [2.45, 2.75) is 44.2 Å². The summed E-state index contributed by atoms with van der Waals surface area (Å²) in [5, 5.41) is 7.17. The SMILES string of the molecule is CNC(CCC1CCCCO1)c1csc2c(Br)cccc12. The normalized spacial score (nSPS) is 20.8. The number of ether oxygens (including phenoxy) is 1. The average Bonchev–Trinajstić information content (AvgIpc) is 2.95. The highest BCUT2D eigenvalue weighted by Crippen LogP contribution is 2.36. The number of rotatable bonds is 5. The van der Waals surface area contributed by atoms with Crippen molar-refractivity contribution in [3.8, 4) is 0 Å². The zero-order valence-electron chi connectivity index (χ0n) is 12.4. The molecule has 0 spiro atoms. The van der Waals surface area contributed by atoms with E-state index in [4.69, 9.17) is 4.74 Å². The lowest BCUT2D eigenvalue weighted by molar-refractivity contribution is 0.00869. The highest BCUT2D eigenvalue weighted by atomic mass is 79.9. The molecule has 2 unspecified atom stereocenters. The molecule has 2 heterocycles. The predicted molar refractivity (Wildman–Crippen MR) is 94.2 cm³/mol. The quantitative estimate of drug-likeness (QED) is 0.776. The molecule has 2 aromatic rings. The molecule has 1 aliphatic rings. The molecule has 1 N–H and O–H groups in total. The third-order valence-corrected chi connectivity index (χ3v) is 6.33. The van der Waals surface area contributed by atoms with Gasteiger partial charge in [0.25, 0.3) is 0 Å². The van der Waals surface area contributed by atoms with Crippen molar-refractivity contribution in [1.29, 1.82) is 0 Å². The molecule has 1 aromatic carbocycles. The Balaban J connectivity index is 1.73. The molecular formula is C17H22BrNOS. The van der Waals surface area contributed by atoms with E-state index in [0.29, 0.717) is 12.1 Å². The van der Waals surface area contributed by atoms with Gasteiger partial charge in [0.2, 0.25) is 0 Å². The van der Waals surface area contributed by atoms with Crippen molar-refractivity contribution in [2.75, 3.05) is 13.7 Å². The van der Waals surface area contributed by atoms with Gasteiger partial charge in [-0.15, -0.1) is 11.3 Å². The maximum atomic E-state index is 5.86. The molecule has 1 aromatic heterocycles. The van der Waals surface area contributed by atoms with E-state index in [1.54, 1.807) is 0 Å². The van der Waals surface area contributed by atoms with E-state index in [2.05, 4.69) is 51.9 Å². The smallest absolute Gasteiger partial charge is 0.0575 e. The summed E-state index contributed by atoms with van der Waals surface area (Å²) in [5.41, 5.74) is 1.43. The third-order valence-electron chi connectivity index (χ3n) is 4.36. The molecule has 0 radical (unpaired) electrons. The number of hydrogen-bond donors (Lipinski definition) is 1. The van der Waals surface area contributed by atoms with E-state index in [1.807, 2.05) is 11.3 Å². The maximum Gasteiger partial charge on any atom is 0.0575 e. The summed E-state index contributed by atoms with van der Waals surface area (Å²) in [4.78, 5) is 0. The second-order valence-electron chi connectivity index (χ2n) is 5.71. The van der Waals surface area contributed by atoms with E-state index in [0.717, 1.165) is 19.4 Å². The molecule has 21 heavy (non-hydrogen) atoms. The summed E-state index contributed by atoms with van der Waals surface area (Å²) in [5.74, 6) is 0. The van der Waals surface area contributed by atoms with Gasteiger partial charge < -0.3 is 10.1 Å². The average molecular weight is 368 g/mol. The topological polar surface area (TPSA) is 21.3 Å². The molecule has 3 rings (SSSR count). The number of fused-ring (bicyclic) bond motifs is 1. The first-order chi connectivity index (χ1) is 10.3. The molecule has 0 saturated carbocycles. The summed E-state index contributed by atoms with van der Waals surface area (Å²) in [7, 11) is 2.06. The van der Waals surface area contributed by atoms with Gasteiger partial charge in [0, 0.05) is 21.8 Å². The van der Waals surface area contributed by atoms with Crippen LogP contribution >= 0.6 is 27.3 Å². The van der Waals surface area contributed by atoms with Gasteiger partial charge >= 0.3 is 0 Å². The van der Waals surface area contributed by atoms with Gasteiger partial charge in [0.15, 0.2) is 0 Å². The minimum Gasteiger partial charge on any atom is -0.378 e. The van der Waals surface area contributed by atoms with Crippen LogP contribution in [0.5, 0.6) is 0 Å². The van der Waals surface area contributed by atoms with Crippen LogP contribution in [-0.2, 0) is 4.74 Å². The molecule has 2 nitrogen and oxygen atoms in total. The van der Waals surface area contributed by atoms with Crippen molar-refractivity contribution >= 4 is 37.4 Å². The highest BCUT2D eigenvalue weighted by molar-refractivity contribution is 9.10. The first-order valence-electron chi connectivity index (χ1n) is 7.74. The van der Waals surface area contributed by atoms with Crippen molar-refractivity contribution in [1.82, 2.24) is 5.32 Å². The van der Waals surface area contributed by atoms with E-state index in [1.165, 1.54) is 39.4 Å². The molecule has 0 amide bonds. The Morgan fingerprint density at radius 1 is 1.43 bits per heavy atom. The fourth-order valence-corrected chi connectivity index (χ4v) is 4.83. The van der Waals surface area contributed by atoms with Crippen LogP contribution in [0.3, 0.4) is 0 Å². The number of thiophene rings is 1. The van der Waals surface area contributed by atoms with Crippen molar-refractivity contribution in [3.05, 3.63) is 33.6 Å². The molecule has 1 saturated heterocycles. The maximum absolute atomic E-state index is 5.86. The minimum absolute atomic E-state index is 0.415. The second-order valence-corrected chi connectivity index (χ2v) is 7.45. The molecule has 1 fully saturated rings. The lowest BCUT2D eigenvalue weighted by Gasteiger charge is -2.24. The Hall–Kier alpha value is -0.420. The second kappa shape index (κ2) is 7.23. The zero-order valence-corrected chi connectivity index (χ0v) is 14.8. The Labute approximate surface area is 139 Å². The van der Waals surface area contributed by atoms with Crippen molar-refractivity contribution in [3.63, 3.8) is 0 Å². The van der Waals surface area contributed by atoms with E-state index >= 15 is 0 Å².